The first-order valence-corrected chi connectivity index (χ1v) is 4.18. The molecule has 0 saturated heterocycles. The highest BCUT2D eigenvalue weighted by Gasteiger charge is 2.75. The summed E-state index contributed by atoms with van der Waals surface area (Å²) in [6.45, 7) is 3.15. The average Bonchev–Trinajstić information content (AvgIpc) is 2.14. The first-order chi connectivity index (χ1) is 7.12. The van der Waals surface area contributed by atoms with Crippen molar-refractivity contribution in [1.29, 1.82) is 0 Å². The Bertz CT molecular complexity index is 241. The van der Waals surface area contributed by atoms with Crippen LogP contribution in [0, 0.1) is 0 Å². The fraction of sp³-hybridized carbons (Fsp3) is 0.750. The molecule has 0 bridgehead atoms. The predicted octanol–water partition coefficient (Wildman–Crippen LogP) is 3.39. The third kappa shape index (κ3) is 2.81. The topological polar surface area (TPSA) is 18.5 Å². The molecule has 16 heavy (non-hydrogen) atoms. The molecule has 96 valence electrons. The van der Waals surface area contributed by atoms with E-state index in [2.05, 4.69) is 16.1 Å². The van der Waals surface area contributed by atoms with Crippen molar-refractivity contribution in [2.75, 3.05) is 6.61 Å². The highest BCUT2D eigenvalue weighted by Crippen LogP contribution is 2.46. The van der Waals surface area contributed by atoms with E-state index < -0.39 is 24.7 Å². The molecule has 0 aliphatic carbocycles. The fourth-order valence-electron chi connectivity index (χ4n) is 0.669. The van der Waals surface area contributed by atoms with Crippen LogP contribution in [0.5, 0.6) is 0 Å². The molecule has 0 aromatic heterocycles. The summed E-state index contributed by atoms with van der Waals surface area (Å²) in [6.07, 6.45) is -10.8. The van der Waals surface area contributed by atoms with Crippen molar-refractivity contribution >= 4 is 0 Å². The molecule has 0 radical (unpaired) electrons. The second kappa shape index (κ2) is 4.94. The van der Waals surface area contributed by atoms with Gasteiger partial charge in [0.05, 0.1) is 12.9 Å². The van der Waals surface area contributed by atoms with Gasteiger partial charge in [0.15, 0.2) is 0 Å². The Hall–Kier alpha value is -0.920. The lowest BCUT2D eigenvalue weighted by atomic mass is 10.3. The van der Waals surface area contributed by atoms with Gasteiger partial charge in [0.2, 0.25) is 0 Å². The van der Waals surface area contributed by atoms with Crippen LogP contribution in [0.1, 0.15) is 13.3 Å². The van der Waals surface area contributed by atoms with Crippen molar-refractivity contribution in [1.82, 2.24) is 0 Å². The normalized spacial score (nSPS) is 13.7. The zero-order valence-corrected chi connectivity index (χ0v) is 8.28. The smallest absolute Gasteiger partial charge is 0.436 e. The Labute approximate surface area is 87.8 Å². The van der Waals surface area contributed by atoms with E-state index in [0.29, 0.717) is 0 Å². The molecule has 0 aromatic carbocycles. The quantitative estimate of drug-likeness (QED) is 0.510. The summed E-state index contributed by atoms with van der Waals surface area (Å²) in [5.74, 6) is -5.79. The monoisotopic (exact) mass is 252 g/mol. The van der Waals surface area contributed by atoms with Crippen molar-refractivity contribution in [3.8, 4) is 0 Å². The molecule has 0 rings (SSSR count). The van der Waals surface area contributed by atoms with Gasteiger partial charge >= 0.3 is 18.1 Å². The number of ether oxygens (including phenoxy) is 2. The Morgan fingerprint density at radius 2 is 1.56 bits per heavy atom. The van der Waals surface area contributed by atoms with Gasteiger partial charge < -0.3 is 9.47 Å². The van der Waals surface area contributed by atoms with Crippen molar-refractivity contribution in [3.05, 3.63) is 12.8 Å². The molecule has 0 amide bonds. The summed E-state index contributed by atoms with van der Waals surface area (Å²) in [5.41, 5.74) is 0. The van der Waals surface area contributed by atoms with E-state index in [-0.39, 0.29) is 12.7 Å². The zero-order chi connectivity index (χ0) is 13.0. The van der Waals surface area contributed by atoms with E-state index in [1.165, 1.54) is 6.92 Å². The summed E-state index contributed by atoms with van der Waals surface area (Å²) in [4.78, 5) is 0. The minimum Gasteiger partial charge on any atom is -0.436 e. The largest absolute Gasteiger partial charge is 0.473 e. The number of rotatable bonds is 7. The van der Waals surface area contributed by atoms with E-state index in [4.69, 9.17) is 0 Å². The molecular weight excluding hydrogens is 242 g/mol. The van der Waals surface area contributed by atoms with Crippen LogP contribution in [-0.4, -0.2) is 24.7 Å². The van der Waals surface area contributed by atoms with Gasteiger partial charge in [-0.1, -0.05) is 13.5 Å². The molecule has 0 saturated carbocycles. The van der Waals surface area contributed by atoms with Crippen LogP contribution in [0.15, 0.2) is 12.8 Å². The van der Waals surface area contributed by atoms with Crippen LogP contribution in [0.25, 0.3) is 0 Å². The number of hydrogen-bond donors (Lipinski definition) is 0. The Kier molecular flexibility index (Phi) is 4.66. The minimum absolute atomic E-state index is 0.0282. The maximum atomic E-state index is 12.7. The highest BCUT2D eigenvalue weighted by molar-refractivity contribution is 4.87. The summed E-state index contributed by atoms with van der Waals surface area (Å²) in [7, 11) is 0. The zero-order valence-electron chi connectivity index (χ0n) is 8.28. The van der Waals surface area contributed by atoms with Crippen LogP contribution in [0.4, 0.5) is 26.3 Å². The van der Waals surface area contributed by atoms with Gasteiger partial charge in [-0.3, -0.25) is 0 Å². The molecule has 0 aromatic rings. The first-order valence-electron chi connectivity index (χ1n) is 4.18. The predicted molar refractivity (Wildman–Crippen MR) is 42.4 cm³/mol. The van der Waals surface area contributed by atoms with Crippen LogP contribution >= 0.6 is 0 Å². The second-order valence-corrected chi connectivity index (χ2v) is 2.74. The second-order valence-electron chi connectivity index (χ2n) is 2.74. The van der Waals surface area contributed by atoms with Crippen LogP contribution in [-0.2, 0) is 9.47 Å². The fourth-order valence-corrected chi connectivity index (χ4v) is 0.669. The number of halogens is 6. The lowest BCUT2D eigenvalue weighted by molar-refractivity contribution is -0.441. The van der Waals surface area contributed by atoms with Gasteiger partial charge in [-0.15, -0.1) is 0 Å². The highest BCUT2D eigenvalue weighted by atomic mass is 19.4. The van der Waals surface area contributed by atoms with E-state index >= 15 is 0 Å². The summed E-state index contributed by atoms with van der Waals surface area (Å²) in [5, 5.41) is 0. The van der Waals surface area contributed by atoms with E-state index in [9.17, 15) is 26.3 Å². The maximum absolute atomic E-state index is 12.7. The van der Waals surface area contributed by atoms with Crippen molar-refractivity contribution in [2.45, 2.75) is 31.5 Å². The van der Waals surface area contributed by atoms with E-state index in [0.717, 1.165) is 0 Å². The molecule has 0 heterocycles. The summed E-state index contributed by atoms with van der Waals surface area (Å²) >= 11 is 0. The summed E-state index contributed by atoms with van der Waals surface area (Å²) < 4.78 is 82.2. The van der Waals surface area contributed by atoms with Crippen LogP contribution in [0.2, 0.25) is 0 Å². The van der Waals surface area contributed by atoms with Crippen LogP contribution in [0.3, 0.4) is 0 Å². The van der Waals surface area contributed by atoms with Crippen LogP contribution < -0.4 is 0 Å². The number of hydrogen-bond acceptors (Lipinski definition) is 2. The first kappa shape index (κ1) is 15.1. The molecule has 0 spiro atoms. The number of alkyl halides is 6. The van der Waals surface area contributed by atoms with Gasteiger partial charge in [-0.05, 0) is 6.42 Å². The Morgan fingerprint density at radius 1 is 1.06 bits per heavy atom. The molecule has 8 heteroatoms. The molecule has 0 unspecified atom stereocenters. The molecular formula is C8H10F6O2. The van der Waals surface area contributed by atoms with Gasteiger partial charge in [-0.2, -0.15) is 26.3 Å². The minimum atomic E-state index is -5.79. The lowest BCUT2D eigenvalue weighted by Gasteiger charge is -2.30. The molecule has 2 nitrogen and oxygen atoms in total. The lowest BCUT2D eigenvalue weighted by Crippen LogP contribution is -2.56. The van der Waals surface area contributed by atoms with Crippen molar-refractivity contribution < 1.29 is 35.8 Å². The van der Waals surface area contributed by atoms with E-state index in [1.54, 1.807) is 0 Å². The van der Waals surface area contributed by atoms with Gasteiger partial charge in [0, 0.05) is 0 Å². The third-order valence-electron chi connectivity index (χ3n) is 1.45. The Morgan fingerprint density at radius 3 is 1.94 bits per heavy atom. The Balaban J connectivity index is 4.92. The SMILES string of the molecule is C=COC(F)(F)C(F)(F)C(F)(F)OCCC. The maximum Gasteiger partial charge on any atom is 0.473 e. The standard InChI is InChI=1S/C8H10F6O2/c1-3-5-16-8(13,14)6(9,10)7(11,12)15-4-2/h4H,2-3,5H2,1H3. The molecule has 0 atom stereocenters. The third-order valence-corrected chi connectivity index (χ3v) is 1.45. The van der Waals surface area contributed by atoms with E-state index in [1.807, 2.05) is 0 Å². The molecule has 0 N–H and O–H groups in total. The molecule has 0 aliphatic rings. The van der Waals surface area contributed by atoms with Crippen molar-refractivity contribution in [2.24, 2.45) is 0 Å². The van der Waals surface area contributed by atoms with Gasteiger partial charge in [-0.25, -0.2) is 0 Å². The van der Waals surface area contributed by atoms with Gasteiger partial charge in [0.25, 0.3) is 0 Å². The average molecular weight is 252 g/mol. The van der Waals surface area contributed by atoms with Gasteiger partial charge in [0.1, 0.15) is 0 Å². The molecule has 0 aliphatic heterocycles. The van der Waals surface area contributed by atoms with Crippen molar-refractivity contribution in [3.63, 3.8) is 0 Å². The molecule has 0 fully saturated rings. The summed E-state index contributed by atoms with van der Waals surface area (Å²) in [6, 6.07) is 0.